The van der Waals surface area contributed by atoms with Crippen molar-refractivity contribution in [3.05, 3.63) is 40.9 Å². The van der Waals surface area contributed by atoms with Gasteiger partial charge in [-0.1, -0.05) is 12.1 Å². The summed E-state index contributed by atoms with van der Waals surface area (Å²) in [6, 6.07) is 6.68. The number of nitrogens with zero attached hydrogens (tertiary/aromatic N) is 1. The number of amides is 1. The van der Waals surface area contributed by atoms with E-state index in [1.54, 1.807) is 43.5 Å². The number of hydrogen-bond acceptors (Lipinski definition) is 5. The lowest BCUT2D eigenvalue weighted by molar-refractivity contribution is -0.142. The number of nitrogen functional groups attached to an aromatic ring is 1. The van der Waals surface area contributed by atoms with E-state index in [2.05, 4.69) is 10.3 Å². The van der Waals surface area contributed by atoms with Crippen LogP contribution in [0.15, 0.2) is 29.6 Å². The zero-order valence-corrected chi connectivity index (χ0v) is 12.4. The van der Waals surface area contributed by atoms with Gasteiger partial charge in [-0.2, -0.15) is 0 Å². The summed E-state index contributed by atoms with van der Waals surface area (Å²) in [7, 11) is 0. The lowest BCUT2D eigenvalue weighted by Gasteiger charge is -2.19. The molecule has 0 atom stereocenters. The predicted octanol–water partition coefficient (Wildman–Crippen LogP) is 2.34. The molecule has 1 aromatic carbocycles. The number of anilines is 2. The van der Waals surface area contributed by atoms with Crippen molar-refractivity contribution in [3.8, 4) is 0 Å². The van der Waals surface area contributed by atoms with E-state index in [0.29, 0.717) is 16.4 Å². The van der Waals surface area contributed by atoms with Gasteiger partial charge >= 0.3 is 5.97 Å². The Morgan fingerprint density at radius 1 is 1.29 bits per heavy atom. The number of rotatable bonds is 4. The van der Waals surface area contributed by atoms with Crippen LogP contribution in [0.5, 0.6) is 0 Å². The van der Waals surface area contributed by atoms with Crippen LogP contribution < -0.4 is 11.1 Å². The summed E-state index contributed by atoms with van der Waals surface area (Å²) >= 11 is 1.19. The maximum Gasteiger partial charge on any atom is 0.313 e. The van der Waals surface area contributed by atoms with Gasteiger partial charge in [0.15, 0.2) is 5.13 Å². The standard InChI is InChI=1S/C14H15N3O3S/c1-14(2,12(19)20)8-3-5-9(6-4-8)16-11(18)10-7-21-13(15)17-10/h3-7H,1-2H3,(H2,15,17)(H,16,18)(H,19,20). The zero-order valence-electron chi connectivity index (χ0n) is 11.6. The molecule has 110 valence electrons. The predicted molar refractivity (Wildman–Crippen MR) is 81.6 cm³/mol. The molecule has 1 amide bonds. The molecule has 0 radical (unpaired) electrons. The molecule has 0 spiro atoms. The number of carbonyl (C=O) groups excluding carboxylic acids is 1. The second kappa shape index (κ2) is 5.53. The van der Waals surface area contributed by atoms with E-state index < -0.39 is 11.4 Å². The molecule has 0 aliphatic rings. The summed E-state index contributed by atoms with van der Waals surface area (Å²) in [4.78, 5) is 27.0. The first-order chi connectivity index (χ1) is 9.80. The van der Waals surface area contributed by atoms with Crippen molar-refractivity contribution in [3.63, 3.8) is 0 Å². The highest BCUT2D eigenvalue weighted by Gasteiger charge is 2.29. The molecule has 21 heavy (non-hydrogen) atoms. The van der Waals surface area contributed by atoms with Gasteiger partial charge < -0.3 is 16.2 Å². The first-order valence-electron chi connectivity index (χ1n) is 6.17. The Labute approximate surface area is 125 Å². The fourth-order valence-electron chi connectivity index (χ4n) is 1.68. The van der Waals surface area contributed by atoms with Crippen LogP contribution in [0.3, 0.4) is 0 Å². The third kappa shape index (κ3) is 3.19. The number of aliphatic carboxylic acids is 1. The number of nitrogens with two attached hydrogens (primary N) is 1. The van der Waals surface area contributed by atoms with Gasteiger partial charge in [-0.15, -0.1) is 11.3 Å². The van der Waals surface area contributed by atoms with E-state index in [9.17, 15) is 14.7 Å². The molecule has 4 N–H and O–H groups in total. The highest BCUT2D eigenvalue weighted by Crippen LogP contribution is 2.25. The van der Waals surface area contributed by atoms with Gasteiger partial charge in [0.25, 0.3) is 5.91 Å². The van der Waals surface area contributed by atoms with Crippen molar-refractivity contribution in [1.29, 1.82) is 0 Å². The van der Waals surface area contributed by atoms with E-state index >= 15 is 0 Å². The number of carboxylic acids is 1. The van der Waals surface area contributed by atoms with Crippen LogP contribution >= 0.6 is 11.3 Å². The van der Waals surface area contributed by atoms with Crippen molar-refractivity contribution < 1.29 is 14.7 Å². The molecule has 1 aromatic heterocycles. The van der Waals surface area contributed by atoms with Crippen LogP contribution in [-0.2, 0) is 10.2 Å². The van der Waals surface area contributed by atoms with Crippen molar-refractivity contribution in [2.75, 3.05) is 11.1 Å². The van der Waals surface area contributed by atoms with Crippen molar-refractivity contribution in [1.82, 2.24) is 4.98 Å². The normalized spacial score (nSPS) is 11.1. The number of hydrogen-bond donors (Lipinski definition) is 3. The van der Waals surface area contributed by atoms with Crippen LogP contribution in [0.25, 0.3) is 0 Å². The van der Waals surface area contributed by atoms with Gasteiger partial charge in [0.2, 0.25) is 0 Å². The molecule has 0 aliphatic carbocycles. The summed E-state index contributed by atoms with van der Waals surface area (Å²) in [5.41, 5.74) is 5.98. The minimum Gasteiger partial charge on any atom is -0.481 e. The quantitative estimate of drug-likeness (QED) is 0.804. The Hall–Kier alpha value is -2.41. The van der Waals surface area contributed by atoms with Gasteiger partial charge in [0.1, 0.15) is 5.69 Å². The first kappa shape index (κ1) is 15.0. The SMILES string of the molecule is CC(C)(C(=O)O)c1ccc(NC(=O)c2csc(N)n2)cc1. The van der Waals surface area contributed by atoms with Crippen LogP contribution in [0, 0.1) is 0 Å². The van der Waals surface area contributed by atoms with E-state index in [1.165, 1.54) is 11.3 Å². The molecule has 0 aliphatic heterocycles. The van der Waals surface area contributed by atoms with Crippen LogP contribution in [0.1, 0.15) is 29.9 Å². The largest absolute Gasteiger partial charge is 0.481 e. The molecule has 7 heteroatoms. The lowest BCUT2D eigenvalue weighted by Crippen LogP contribution is -2.28. The summed E-state index contributed by atoms with van der Waals surface area (Å²) < 4.78 is 0. The number of carboxylic acid groups (broad SMARTS) is 1. The average Bonchev–Trinajstić information content (AvgIpc) is 2.86. The first-order valence-corrected chi connectivity index (χ1v) is 7.05. The molecule has 0 saturated heterocycles. The Morgan fingerprint density at radius 2 is 1.90 bits per heavy atom. The Bertz CT molecular complexity index is 677. The minimum absolute atomic E-state index is 0.257. The van der Waals surface area contributed by atoms with Gasteiger partial charge in [0, 0.05) is 11.1 Å². The average molecular weight is 305 g/mol. The summed E-state index contributed by atoms with van der Waals surface area (Å²) in [5, 5.41) is 13.8. The molecule has 2 rings (SSSR count). The van der Waals surface area contributed by atoms with E-state index in [0.717, 1.165) is 0 Å². The highest BCUT2D eigenvalue weighted by molar-refractivity contribution is 7.13. The number of thiazole rings is 1. The molecule has 0 unspecified atom stereocenters. The molecular weight excluding hydrogens is 290 g/mol. The van der Waals surface area contributed by atoms with Crippen molar-refractivity contribution in [2.45, 2.75) is 19.3 Å². The van der Waals surface area contributed by atoms with Crippen LogP contribution in [0.2, 0.25) is 0 Å². The van der Waals surface area contributed by atoms with Crippen LogP contribution in [0.4, 0.5) is 10.8 Å². The summed E-state index contributed by atoms with van der Waals surface area (Å²) in [6.07, 6.45) is 0. The Kier molecular flexibility index (Phi) is 3.95. The summed E-state index contributed by atoms with van der Waals surface area (Å²) in [5.74, 6) is -1.26. The third-order valence-corrected chi connectivity index (χ3v) is 3.83. The lowest BCUT2D eigenvalue weighted by atomic mass is 9.85. The van der Waals surface area contributed by atoms with Crippen LogP contribution in [-0.4, -0.2) is 22.0 Å². The van der Waals surface area contributed by atoms with Gasteiger partial charge in [0.05, 0.1) is 5.41 Å². The maximum atomic E-state index is 11.9. The van der Waals surface area contributed by atoms with Gasteiger partial charge in [-0.05, 0) is 31.5 Å². The van der Waals surface area contributed by atoms with Crippen molar-refractivity contribution >= 4 is 34.0 Å². The Balaban J connectivity index is 2.13. The molecule has 0 bridgehead atoms. The van der Waals surface area contributed by atoms with Gasteiger partial charge in [-0.3, -0.25) is 9.59 Å². The second-order valence-electron chi connectivity index (χ2n) is 5.03. The van der Waals surface area contributed by atoms with E-state index in [4.69, 9.17) is 5.73 Å². The number of benzene rings is 1. The second-order valence-corrected chi connectivity index (χ2v) is 5.92. The highest BCUT2D eigenvalue weighted by atomic mass is 32.1. The smallest absolute Gasteiger partial charge is 0.313 e. The molecule has 1 heterocycles. The fraction of sp³-hybridized carbons (Fsp3) is 0.214. The summed E-state index contributed by atoms with van der Waals surface area (Å²) in [6.45, 7) is 3.25. The minimum atomic E-state index is -0.980. The number of carbonyl (C=O) groups is 2. The fourth-order valence-corrected chi connectivity index (χ4v) is 2.22. The third-order valence-electron chi connectivity index (χ3n) is 3.15. The number of nitrogens with one attached hydrogen (secondary N) is 1. The van der Waals surface area contributed by atoms with Crippen molar-refractivity contribution in [2.24, 2.45) is 0 Å². The molecular formula is C14H15N3O3S. The maximum absolute atomic E-state index is 11.9. The zero-order chi connectivity index (χ0) is 15.6. The Morgan fingerprint density at radius 3 is 2.38 bits per heavy atom. The van der Waals surface area contributed by atoms with Gasteiger partial charge in [-0.25, -0.2) is 4.98 Å². The monoisotopic (exact) mass is 305 g/mol. The van der Waals surface area contributed by atoms with E-state index in [-0.39, 0.29) is 11.6 Å². The molecule has 6 nitrogen and oxygen atoms in total. The molecule has 2 aromatic rings. The van der Waals surface area contributed by atoms with E-state index in [1.807, 2.05) is 0 Å². The number of aromatic nitrogens is 1. The topological polar surface area (TPSA) is 105 Å². The molecule has 0 saturated carbocycles. The molecule has 0 fully saturated rings.